The molecule has 0 saturated carbocycles. The molecule has 0 amide bonds. The number of furan rings is 1. The van der Waals surface area contributed by atoms with Crippen molar-refractivity contribution in [2.75, 3.05) is 6.54 Å². The molecular weight excluding hydrogens is 272 g/mol. The Balaban J connectivity index is 2.14. The highest BCUT2D eigenvalue weighted by molar-refractivity contribution is 6.28. The first kappa shape index (κ1) is 13.2. The van der Waals surface area contributed by atoms with Gasteiger partial charge in [0, 0.05) is 17.1 Å². The molecule has 1 N–H and O–H groups in total. The predicted molar refractivity (Wildman–Crippen MR) is 81.0 cm³/mol. The average molecular weight is 287 g/mol. The SMILES string of the molecule is CCNC(c1ccc(Cl)o1)c1cccc2cccnc12. The number of fused-ring (bicyclic) bond motifs is 1. The maximum Gasteiger partial charge on any atom is 0.193 e. The van der Waals surface area contributed by atoms with Crippen molar-refractivity contribution < 1.29 is 4.42 Å². The highest BCUT2D eigenvalue weighted by Crippen LogP contribution is 2.29. The van der Waals surface area contributed by atoms with E-state index in [2.05, 4.69) is 35.4 Å². The van der Waals surface area contributed by atoms with E-state index in [1.165, 1.54) is 0 Å². The first-order valence-corrected chi connectivity index (χ1v) is 6.99. The van der Waals surface area contributed by atoms with Crippen molar-refractivity contribution in [3.8, 4) is 0 Å². The van der Waals surface area contributed by atoms with E-state index in [1.54, 1.807) is 6.07 Å². The van der Waals surface area contributed by atoms with E-state index in [0.717, 1.165) is 28.8 Å². The van der Waals surface area contributed by atoms with Crippen molar-refractivity contribution in [2.24, 2.45) is 0 Å². The second kappa shape index (κ2) is 5.65. The Hall–Kier alpha value is -1.84. The predicted octanol–water partition coefficient (Wildman–Crippen LogP) is 4.18. The topological polar surface area (TPSA) is 38.1 Å². The quantitative estimate of drug-likeness (QED) is 0.782. The van der Waals surface area contributed by atoms with Gasteiger partial charge in [0.15, 0.2) is 5.22 Å². The minimum Gasteiger partial charge on any atom is -0.448 e. The molecular formula is C16H15ClN2O. The largest absolute Gasteiger partial charge is 0.448 e. The molecule has 102 valence electrons. The van der Waals surface area contributed by atoms with Crippen LogP contribution < -0.4 is 5.32 Å². The van der Waals surface area contributed by atoms with Crippen LogP contribution >= 0.6 is 11.6 Å². The van der Waals surface area contributed by atoms with Gasteiger partial charge in [-0.1, -0.05) is 31.2 Å². The van der Waals surface area contributed by atoms with Crippen molar-refractivity contribution in [1.29, 1.82) is 0 Å². The van der Waals surface area contributed by atoms with Crippen LogP contribution in [-0.2, 0) is 0 Å². The Morgan fingerprint density at radius 1 is 1.20 bits per heavy atom. The summed E-state index contributed by atoms with van der Waals surface area (Å²) in [6.07, 6.45) is 1.81. The number of pyridine rings is 1. The highest BCUT2D eigenvalue weighted by atomic mass is 35.5. The van der Waals surface area contributed by atoms with Gasteiger partial charge >= 0.3 is 0 Å². The normalized spacial score (nSPS) is 12.7. The summed E-state index contributed by atoms with van der Waals surface area (Å²) in [5, 5.41) is 4.94. The van der Waals surface area contributed by atoms with E-state index in [-0.39, 0.29) is 6.04 Å². The molecule has 1 aromatic carbocycles. The Bertz CT molecular complexity index is 718. The summed E-state index contributed by atoms with van der Waals surface area (Å²) in [6.45, 7) is 2.89. The molecule has 0 bridgehead atoms. The molecule has 20 heavy (non-hydrogen) atoms. The second-order valence-corrected chi connectivity index (χ2v) is 4.93. The maximum atomic E-state index is 5.90. The zero-order chi connectivity index (χ0) is 13.9. The minimum atomic E-state index is -0.0499. The zero-order valence-corrected chi connectivity index (χ0v) is 11.9. The van der Waals surface area contributed by atoms with Gasteiger partial charge in [0.05, 0.1) is 11.6 Å². The molecule has 1 atom stereocenters. The third kappa shape index (κ3) is 2.42. The van der Waals surface area contributed by atoms with Gasteiger partial charge in [-0.05, 0) is 36.3 Å². The van der Waals surface area contributed by atoms with Crippen molar-refractivity contribution in [1.82, 2.24) is 10.3 Å². The number of hydrogen-bond acceptors (Lipinski definition) is 3. The number of nitrogens with zero attached hydrogens (tertiary/aromatic N) is 1. The molecule has 0 fully saturated rings. The summed E-state index contributed by atoms with van der Waals surface area (Å²) in [7, 11) is 0. The van der Waals surface area contributed by atoms with E-state index >= 15 is 0 Å². The monoisotopic (exact) mass is 286 g/mol. The van der Waals surface area contributed by atoms with Gasteiger partial charge in [-0.25, -0.2) is 0 Å². The zero-order valence-electron chi connectivity index (χ0n) is 11.1. The standard InChI is InChI=1S/C16H15ClN2O/c1-2-18-16(13-8-9-14(17)20-13)12-7-3-5-11-6-4-10-19-15(11)12/h3-10,16,18H,2H2,1H3. The third-order valence-electron chi connectivity index (χ3n) is 3.26. The maximum absolute atomic E-state index is 5.90. The van der Waals surface area contributed by atoms with Gasteiger partial charge in [0.2, 0.25) is 0 Å². The molecule has 3 nitrogen and oxygen atoms in total. The lowest BCUT2D eigenvalue weighted by molar-refractivity contribution is 0.454. The molecule has 0 aliphatic heterocycles. The Kier molecular flexibility index (Phi) is 3.72. The fourth-order valence-electron chi connectivity index (χ4n) is 2.41. The second-order valence-electron chi connectivity index (χ2n) is 4.55. The molecule has 3 rings (SSSR count). The van der Waals surface area contributed by atoms with E-state index in [0.29, 0.717) is 5.22 Å². The summed E-state index contributed by atoms with van der Waals surface area (Å²) >= 11 is 5.90. The van der Waals surface area contributed by atoms with Crippen LogP contribution in [0.2, 0.25) is 5.22 Å². The molecule has 0 spiro atoms. The number of rotatable bonds is 4. The van der Waals surface area contributed by atoms with Gasteiger partial charge in [0.25, 0.3) is 0 Å². The fraction of sp³-hybridized carbons (Fsp3) is 0.188. The summed E-state index contributed by atoms with van der Waals surface area (Å²) < 4.78 is 5.58. The molecule has 2 aromatic heterocycles. The summed E-state index contributed by atoms with van der Waals surface area (Å²) in [5.41, 5.74) is 2.07. The van der Waals surface area contributed by atoms with Crippen LogP contribution in [0.25, 0.3) is 10.9 Å². The molecule has 0 saturated heterocycles. The van der Waals surface area contributed by atoms with Gasteiger partial charge in [-0.3, -0.25) is 4.98 Å². The van der Waals surface area contributed by atoms with Gasteiger partial charge in [-0.2, -0.15) is 0 Å². The van der Waals surface area contributed by atoms with E-state index < -0.39 is 0 Å². The fourth-order valence-corrected chi connectivity index (χ4v) is 2.56. The number of halogens is 1. The average Bonchev–Trinajstić information content (AvgIpc) is 2.91. The van der Waals surface area contributed by atoms with Crippen molar-refractivity contribution >= 4 is 22.5 Å². The Morgan fingerprint density at radius 3 is 2.80 bits per heavy atom. The third-order valence-corrected chi connectivity index (χ3v) is 3.46. The van der Waals surface area contributed by atoms with Crippen molar-refractivity contribution in [2.45, 2.75) is 13.0 Å². The summed E-state index contributed by atoms with van der Waals surface area (Å²) in [6, 6.07) is 13.8. The number of para-hydroxylation sites is 1. The van der Waals surface area contributed by atoms with E-state index in [9.17, 15) is 0 Å². The molecule has 0 aliphatic carbocycles. The lowest BCUT2D eigenvalue weighted by atomic mass is 10.0. The van der Waals surface area contributed by atoms with E-state index in [4.69, 9.17) is 16.0 Å². The van der Waals surface area contributed by atoms with E-state index in [1.807, 2.05) is 24.4 Å². The van der Waals surface area contributed by atoms with Crippen LogP contribution in [0.3, 0.4) is 0 Å². The molecule has 3 aromatic rings. The highest BCUT2D eigenvalue weighted by Gasteiger charge is 2.19. The van der Waals surface area contributed by atoms with Gasteiger partial charge in [-0.15, -0.1) is 0 Å². The van der Waals surface area contributed by atoms with Gasteiger partial charge < -0.3 is 9.73 Å². The molecule has 0 aliphatic rings. The number of aromatic nitrogens is 1. The first-order chi connectivity index (χ1) is 9.79. The van der Waals surface area contributed by atoms with Crippen LogP contribution in [0.1, 0.15) is 24.3 Å². The van der Waals surface area contributed by atoms with Crippen molar-refractivity contribution in [3.05, 3.63) is 65.2 Å². The summed E-state index contributed by atoms with van der Waals surface area (Å²) in [5.74, 6) is 0.801. The Labute approximate surface area is 122 Å². The number of hydrogen-bond donors (Lipinski definition) is 1. The van der Waals surface area contributed by atoms with Crippen LogP contribution in [0.15, 0.2) is 53.1 Å². The molecule has 0 radical (unpaired) electrons. The molecule has 4 heteroatoms. The van der Waals surface area contributed by atoms with Crippen LogP contribution in [0.5, 0.6) is 0 Å². The smallest absolute Gasteiger partial charge is 0.193 e. The Morgan fingerprint density at radius 2 is 2.05 bits per heavy atom. The summed E-state index contributed by atoms with van der Waals surface area (Å²) in [4.78, 5) is 4.50. The molecule has 1 unspecified atom stereocenters. The van der Waals surface area contributed by atoms with Crippen LogP contribution in [0.4, 0.5) is 0 Å². The number of benzene rings is 1. The van der Waals surface area contributed by atoms with Crippen LogP contribution in [-0.4, -0.2) is 11.5 Å². The lowest BCUT2D eigenvalue weighted by Gasteiger charge is -2.17. The van der Waals surface area contributed by atoms with Crippen LogP contribution in [0, 0.1) is 0 Å². The number of nitrogens with one attached hydrogen (secondary N) is 1. The first-order valence-electron chi connectivity index (χ1n) is 6.62. The molecule has 2 heterocycles. The lowest BCUT2D eigenvalue weighted by Crippen LogP contribution is -2.21. The van der Waals surface area contributed by atoms with Gasteiger partial charge in [0.1, 0.15) is 5.76 Å². The van der Waals surface area contributed by atoms with Crippen molar-refractivity contribution in [3.63, 3.8) is 0 Å². The minimum absolute atomic E-state index is 0.0499.